The van der Waals surface area contributed by atoms with Gasteiger partial charge in [-0.3, -0.25) is 19.2 Å². The first-order chi connectivity index (χ1) is 19.6. The van der Waals surface area contributed by atoms with E-state index in [2.05, 4.69) is 16.7 Å². The molecule has 0 unspecified atom stereocenters. The summed E-state index contributed by atoms with van der Waals surface area (Å²) in [6, 6.07) is 21.0. The summed E-state index contributed by atoms with van der Waals surface area (Å²) < 4.78 is 0. The van der Waals surface area contributed by atoms with E-state index in [4.69, 9.17) is 0 Å². The first-order valence-corrected chi connectivity index (χ1v) is 13.8. The third-order valence-corrected chi connectivity index (χ3v) is 8.13. The molecule has 210 valence electrons. The minimum absolute atomic E-state index is 0.0467. The van der Waals surface area contributed by atoms with Crippen molar-refractivity contribution in [2.24, 2.45) is 5.92 Å². The van der Waals surface area contributed by atoms with Crippen molar-refractivity contribution in [1.29, 1.82) is 5.26 Å². The Kier molecular flexibility index (Phi) is 7.50. The molecule has 0 radical (unpaired) electrons. The van der Waals surface area contributed by atoms with Crippen LogP contribution < -0.4 is 10.6 Å². The second-order valence-corrected chi connectivity index (χ2v) is 11.3. The normalized spacial score (nSPS) is 20.0. The Morgan fingerprint density at radius 3 is 2.56 bits per heavy atom. The average molecular weight is 552 g/mol. The lowest BCUT2D eigenvalue weighted by Gasteiger charge is -2.33. The summed E-state index contributed by atoms with van der Waals surface area (Å²) in [5.41, 5.74) is 1.05. The Morgan fingerprint density at radius 2 is 1.80 bits per heavy atom. The fourth-order valence-corrected chi connectivity index (χ4v) is 6.01. The Morgan fingerprint density at radius 1 is 1.10 bits per heavy atom. The molecule has 1 spiro atoms. The maximum Gasteiger partial charge on any atom is 0.246 e. The predicted octanol–water partition coefficient (Wildman–Crippen LogP) is 4.06. The van der Waals surface area contributed by atoms with Crippen molar-refractivity contribution in [2.75, 3.05) is 24.2 Å². The number of nitrogens with one attached hydrogen (secondary N) is 2. The molecular weight excluding hydrogens is 518 g/mol. The van der Waals surface area contributed by atoms with Crippen LogP contribution in [-0.4, -0.2) is 59.1 Å². The monoisotopic (exact) mass is 551 g/mol. The van der Waals surface area contributed by atoms with E-state index >= 15 is 0 Å². The number of carbonyl (C=O) groups is 4. The number of para-hydroxylation sites is 1. The molecule has 9 heteroatoms. The van der Waals surface area contributed by atoms with Crippen LogP contribution in [0.2, 0.25) is 0 Å². The highest BCUT2D eigenvalue weighted by atomic mass is 16.2. The van der Waals surface area contributed by atoms with E-state index in [-0.39, 0.29) is 24.8 Å². The summed E-state index contributed by atoms with van der Waals surface area (Å²) in [6.07, 6.45) is 0.0804. The number of fused-ring (bicyclic) bond motifs is 3. The van der Waals surface area contributed by atoms with Gasteiger partial charge in [-0.2, -0.15) is 5.26 Å². The number of likely N-dealkylation sites (N-methyl/N-ethyl adjacent to an activating group) is 1. The van der Waals surface area contributed by atoms with Crippen molar-refractivity contribution in [3.63, 3.8) is 0 Å². The number of nitrogens with zero attached hydrogens (tertiary/aromatic N) is 3. The minimum Gasteiger partial charge on any atom is -0.333 e. The Balaban J connectivity index is 1.34. The molecule has 0 aromatic heterocycles. The molecule has 0 bridgehead atoms. The molecule has 9 nitrogen and oxygen atoms in total. The highest BCUT2D eigenvalue weighted by Crippen LogP contribution is 2.46. The summed E-state index contributed by atoms with van der Waals surface area (Å²) in [5, 5.41) is 17.5. The number of nitriles is 1. The summed E-state index contributed by atoms with van der Waals surface area (Å²) in [4.78, 5) is 56.2. The van der Waals surface area contributed by atoms with Gasteiger partial charge in [-0.25, -0.2) is 0 Å². The van der Waals surface area contributed by atoms with E-state index < -0.39 is 41.6 Å². The van der Waals surface area contributed by atoms with Crippen molar-refractivity contribution >= 4 is 45.8 Å². The predicted molar refractivity (Wildman–Crippen MR) is 156 cm³/mol. The fourth-order valence-electron chi connectivity index (χ4n) is 6.01. The largest absolute Gasteiger partial charge is 0.333 e. The molecule has 2 N–H and O–H groups in total. The van der Waals surface area contributed by atoms with Gasteiger partial charge in [-0.05, 0) is 35.4 Å². The zero-order valence-electron chi connectivity index (χ0n) is 23.4. The molecule has 3 aromatic rings. The molecule has 3 aromatic carbocycles. The van der Waals surface area contributed by atoms with Crippen molar-refractivity contribution in [2.45, 2.75) is 50.6 Å². The van der Waals surface area contributed by atoms with Gasteiger partial charge < -0.3 is 20.4 Å². The highest BCUT2D eigenvalue weighted by Gasteiger charge is 2.56. The van der Waals surface area contributed by atoms with Crippen LogP contribution in [0.15, 0.2) is 66.7 Å². The molecule has 5 rings (SSSR count). The third kappa shape index (κ3) is 5.13. The van der Waals surface area contributed by atoms with Crippen LogP contribution in [0.3, 0.4) is 0 Å². The molecule has 3 atom stereocenters. The van der Waals surface area contributed by atoms with Crippen LogP contribution >= 0.6 is 0 Å². The van der Waals surface area contributed by atoms with Crippen LogP contribution in [0, 0.1) is 17.2 Å². The molecule has 4 amide bonds. The zero-order valence-corrected chi connectivity index (χ0v) is 23.4. The molecule has 41 heavy (non-hydrogen) atoms. The van der Waals surface area contributed by atoms with Crippen molar-refractivity contribution < 1.29 is 19.2 Å². The van der Waals surface area contributed by atoms with Gasteiger partial charge in [0.15, 0.2) is 0 Å². The molecule has 2 aliphatic rings. The van der Waals surface area contributed by atoms with Crippen LogP contribution in [-0.2, 0) is 24.6 Å². The number of anilines is 2. The number of carbonyl (C=O) groups excluding carboxylic acids is 4. The molecule has 2 aliphatic heterocycles. The average Bonchev–Trinajstić information content (AvgIpc) is 3.48. The number of rotatable bonds is 7. The number of likely N-dealkylation sites (tertiary alicyclic amines) is 1. The van der Waals surface area contributed by atoms with E-state index in [1.54, 1.807) is 6.07 Å². The van der Waals surface area contributed by atoms with Crippen LogP contribution in [0.1, 0.15) is 38.7 Å². The summed E-state index contributed by atoms with van der Waals surface area (Å²) in [7, 11) is 1.52. The lowest BCUT2D eigenvalue weighted by Crippen LogP contribution is -2.52. The number of hydrogen-bond acceptors (Lipinski definition) is 5. The van der Waals surface area contributed by atoms with E-state index in [9.17, 15) is 24.4 Å². The number of benzene rings is 3. The summed E-state index contributed by atoms with van der Waals surface area (Å²) >= 11 is 0. The molecule has 1 fully saturated rings. The molecule has 2 heterocycles. The van der Waals surface area contributed by atoms with Crippen LogP contribution in [0.5, 0.6) is 0 Å². The van der Waals surface area contributed by atoms with Gasteiger partial charge in [0.2, 0.25) is 23.6 Å². The third-order valence-electron chi connectivity index (χ3n) is 8.13. The van der Waals surface area contributed by atoms with Crippen molar-refractivity contribution in [3.05, 3.63) is 72.3 Å². The van der Waals surface area contributed by atoms with E-state index in [1.165, 1.54) is 16.8 Å². The van der Waals surface area contributed by atoms with Gasteiger partial charge in [0.05, 0.1) is 11.5 Å². The lowest BCUT2D eigenvalue weighted by atomic mass is 9.80. The van der Waals surface area contributed by atoms with Gasteiger partial charge in [-0.15, -0.1) is 0 Å². The first-order valence-electron chi connectivity index (χ1n) is 13.8. The maximum atomic E-state index is 14.0. The second-order valence-electron chi connectivity index (χ2n) is 11.3. The quantitative estimate of drug-likeness (QED) is 0.429. The molecule has 0 saturated carbocycles. The van der Waals surface area contributed by atoms with Crippen molar-refractivity contribution in [1.82, 2.24) is 9.80 Å². The summed E-state index contributed by atoms with van der Waals surface area (Å²) in [6.45, 7) is 3.94. The second kappa shape index (κ2) is 11.0. The number of amides is 4. The Labute approximate surface area is 239 Å². The van der Waals surface area contributed by atoms with E-state index in [1.807, 2.05) is 74.5 Å². The van der Waals surface area contributed by atoms with Gasteiger partial charge in [-0.1, -0.05) is 68.4 Å². The smallest absolute Gasteiger partial charge is 0.246 e. The van der Waals surface area contributed by atoms with Gasteiger partial charge in [0, 0.05) is 36.8 Å². The minimum atomic E-state index is -1.02. The SMILES string of the molecule is CC(C)C[C@@H](C(=O)N1C[C@]2(C[C@H]1C#N)C(=O)Nc1ccccc12)N(C)C(=O)CC(=O)Nc1cccc2ccccc12. The highest BCUT2D eigenvalue weighted by molar-refractivity contribution is 6.09. The van der Waals surface area contributed by atoms with Crippen molar-refractivity contribution in [3.8, 4) is 6.07 Å². The van der Waals surface area contributed by atoms with Gasteiger partial charge in [0.1, 0.15) is 18.5 Å². The first kappa shape index (κ1) is 27.8. The maximum absolute atomic E-state index is 14.0. The Bertz CT molecular complexity index is 1570. The molecule has 1 saturated heterocycles. The van der Waals surface area contributed by atoms with Crippen LogP contribution in [0.25, 0.3) is 10.8 Å². The molecule has 0 aliphatic carbocycles. The summed E-state index contributed by atoms with van der Waals surface area (Å²) in [5.74, 6) is -1.57. The number of hydrogen-bond donors (Lipinski definition) is 2. The van der Waals surface area contributed by atoms with E-state index in [0.29, 0.717) is 17.8 Å². The van der Waals surface area contributed by atoms with Gasteiger partial charge in [0.25, 0.3) is 0 Å². The Hall–Kier alpha value is -4.71. The zero-order chi connectivity index (χ0) is 29.3. The van der Waals surface area contributed by atoms with Crippen LogP contribution in [0.4, 0.5) is 11.4 Å². The van der Waals surface area contributed by atoms with Gasteiger partial charge >= 0.3 is 0 Å². The van der Waals surface area contributed by atoms with E-state index in [0.717, 1.165) is 16.3 Å². The topological polar surface area (TPSA) is 123 Å². The molecular formula is C32H33N5O4. The standard InChI is InChI=1S/C32H33N5O4/c1-20(2)15-27(36(3)29(39)16-28(38)34-25-14-8-10-21-9-4-5-11-23(21)25)30(40)37-19-32(17-22(37)18-33)24-12-6-7-13-26(24)35-31(32)41/h4-14,20,22,27H,15-17,19H2,1-3H3,(H,34,38)(H,35,41)/t22-,27-,32-/m0/s1. The fraction of sp³-hybridized carbons (Fsp3) is 0.344. The lowest BCUT2D eigenvalue weighted by molar-refractivity contribution is -0.146.